The number of fused-ring (bicyclic) bond motifs is 2. The van der Waals surface area contributed by atoms with E-state index in [9.17, 15) is 8.42 Å². The number of nitrogens with one attached hydrogen (secondary N) is 1. The molecule has 6 heteroatoms. The van der Waals surface area contributed by atoms with Gasteiger partial charge in [0, 0.05) is 32.2 Å². The summed E-state index contributed by atoms with van der Waals surface area (Å²) < 4.78 is 28.3. The summed E-state index contributed by atoms with van der Waals surface area (Å²) in [4.78, 5) is 0. The van der Waals surface area contributed by atoms with E-state index < -0.39 is 10.2 Å². The molecule has 2 atom stereocenters. The third-order valence-electron chi connectivity index (χ3n) is 3.79. The Kier molecular flexibility index (Phi) is 4.07. The van der Waals surface area contributed by atoms with E-state index in [0.29, 0.717) is 6.54 Å². The summed E-state index contributed by atoms with van der Waals surface area (Å²) >= 11 is 0. The van der Waals surface area contributed by atoms with Crippen LogP contribution >= 0.6 is 0 Å². The lowest BCUT2D eigenvalue weighted by Gasteiger charge is -2.31. The summed E-state index contributed by atoms with van der Waals surface area (Å²) in [6.07, 6.45) is 3.81. The van der Waals surface area contributed by atoms with Gasteiger partial charge >= 0.3 is 0 Å². The highest BCUT2D eigenvalue weighted by atomic mass is 32.2. The van der Waals surface area contributed by atoms with Crippen molar-refractivity contribution in [1.29, 1.82) is 0 Å². The maximum absolute atomic E-state index is 12.5. The van der Waals surface area contributed by atoms with E-state index >= 15 is 0 Å². The van der Waals surface area contributed by atoms with Crippen LogP contribution in [0.15, 0.2) is 0 Å². The van der Waals surface area contributed by atoms with Crippen molar-refractivity contribution < 1.29 is 8.42 Å². The smallest absolute Gasteiger partial charge is 0.282 e. The van der Waals surface area contributed by atoms with Gasteiger partial charge in [0.2, 0.25) is 0 Å². The van der Waals surface area contributed by atoms with Crippen molar-refractivity contribution >= 4 is 10.2 Å². The predicted molar refractivity (Wildman–Crippen MR) is 68.0 cm³/mol. The van der Waals surface area contributed by atoms with Crippen molar-refractivity contribution in [2.24, 2.45) is 0 Å². The Morgan fingerprint density at radius 1 is 1.29 bits per heavy atom. The number of rotatable bonds is 4. The average Bonchev–Trinajstić information content (AvgIpc) is 2.53. The zero-order valence-electron chi connectivity index (χ0n) is 10.7. The molecule has 2 aliphatic rings. The first-order chi connectivity index (χ1) is 8.07. The highest BCUT2D eigenvalue weighted by Crippen LogP contribution is 2.31. The molecule has 100 valence electrons. The monoisotopic (exact) mass is 261 g/mol. The lowest BCUT2D eigenvalue weighted by Crippen LogP contribution is -2.49. The van der Waals surface area contributed by atoms with Gasteiger partial charge in [-0.2, -0.15) is 17.0 Å². The van der Waals surface area contributed by atoms with Gasteiger partial charge in [0.05, 0.1) is 0 Å². The van der Waals surface area contributed by atoms with Crippen molar-refractivity contribution in [1.82, 2.24) is 13.9 Å². The molecule has 0 amide bonds. The summed E-state index contributed by atoms with van der Waals surface area (Å²) in [6, 6.07) is 0.367. The molecule has 17 heavy (non-hydrogen) atoms. The largest absolute Gasteiger partial charge is 0.315 e. The minimum atomic E-state index is -3.26. The molecule has 2 saturated heterocycles. The van der Waals surface area contributed by atoms with Crippen LogP contribution in [0.2, 0.25) is 0 Å². The van der Waals surface area contributed by atoms with Crippen molar-refractivity contribution in [3.05, 3.63) is 0 Å². The first kappa shape index (κ1) is 13.3. The molecule has 0 saturated carbocycles. The SMILES string of the molecule is CCCN(C)S(=O)(=O)N1C2CCNCC1CC2. The van der Waals surface area contributed by atoms with E-state index in [1.54, 1.807) is 11.4 Å². The van der Waals surface area contributed by atoms with Gasteiger partial charge in [-0.1, -0.05) is 6.92 Å². The molecule has 0 aliphatic carbocycles. The molecule has 2 heterocycles. The van der Waals surface area contributed by atoms with Gasteiger partial charge in [-0.25, -0.2) is 0 Å². The summed E-state index contributed by atoms with van der Waals surface area (Å²) in [5, 5.41) is 3.33. The van der Waals surface area contributed by atoms with Crippen LogP contribution in [0.5, 0.6) is 0 Å². The Morgan fingerprint density at radius 2 is 2.00 bits per heavy atom. The van der Waals surface area contributed by atoms with E-state index in [2.05, 4.69) is 5.32 Å². The standard InChI is InChI=1S/C11H23N3O2S/c1-3-8-13(2)17(15,16)14-10-4-5-11(14)9-12-7-6-10/h10-12H,3-9H2,1-2H3. The van der Waals surface area contributed by atoms with Crippen molar-refractivity contribution in [2.75, 3.05) is 26.7 Å². The fourth-order valence-corrected chi connectivity index (χ4v) is 4.79. The number of hydrogen-bond acceptors (Lipinski definition) is 3. The van der Waals surface area contributed by atoms with Crippen molar-refractivity contribution in [2.45, 2.75) is 44.7 Å². The lowest BCUT2D eigenvalue weighted by atomic mass is 10.1. The van der Waals surface area contributed by atoms with Crippen LogP contribution in [-0.2, 0) is 10.2 Å². The van der Waals surface area contributed by atoms with Crippen LogP contribution < -0.4 is 5.32 Å². The van der Waals surface area contributed by atoms with Gasteiger partial charge < -0.3 is 5.32 Å². The molecule has 0 aromatic heterocycles. The fourth-order valence-electron chi connectivity index (χ4n) is 2.91. The van der Waals surface area contributed by atoms with Crippen LogP contribution in [-0.4, -0.2) is 55.8 Å². The first-order valence-electron chi connectivity index (χ1n) is 6.53. The van der Waals surface area contributed by atoms with E-state index in [4.69, 9.17) is 0 Å². The average molecular weight is 261 g/mol. The topological polar surface area (TPSA) is 52.7 Å². The summed E-state index contributed by atoms with van der Waals surface area (Å²) in [5.74, 6) is 0. The molecule has 2 fully saturated rings. The molecule has 2 rings (SSSR count). The second-order valence-electron chi connectivity index (χ2n) is 5.04. The van der Waals surface area contributed by atoms with Crippen LogP contribution in [0, 0.1) is 0 Å². The molecular formula is C11H23N3O2S. The van der Waals surface area contributed by atoms with Gasteiger partial charge in [0.25, 0.3) is 10.2 Å². The zero-order chi connectivity index (χ0) is 12.5. The second kappa shape index (κ2) is 5.22. The normalized spacial score (nSPS) is 30.8. The second-order valence-corrected chi connectivity index (χ2v) is 6.98. The van der Waals surface area contributed by atoms with Crippen LogP contribution in [0.25, 0.3) is 0 Å². The minimum Gasteiger partial charge on any atom is -0.315 e. The Bertz CT molecular complexity index is 344. The molecule has 0 spiro atoms. The molecule has 5 nitrogen and oxygen atoms in total. The summed E-state index contributed by atoms with van der Waals surface area (Å²) in [7, 11) is -1.57. The van der Waals surface area contributed by atoms with Crippen LogP contribution in [0.3, 0.4) is 0 Å². The maximum Gasteiger partial charge on any atom is 0.282 e. The number of hydrogen-bond donors (Lipinski definition) is 1. The zero-order valence-corrected chi connectivity index (χ0v) is 11.5. The number of nitrogens with zero attached hydrogens (tertiary/aromatic N) is 2. The summed E-state index contributed by atoms with van der Waals surface area (Å²) in [6.45, 7) is 4.34. The van der Waals surface area contributed by atoms with Gasteiger partial charge in [-0.3, -0.25) is 0 Å². The van der Waals surface area contributed by atoms with Crippen molar-refractivity contribution in [3.8, 4) is 0 Å². The lowest BCUT2D eigenvalue weighted by molar-refractivity contribution is 0.302. The molecule has 0 radical (unpaired) electrons. The molecule has 2 unspecified atom stereocenters. The molecular weight excluding hydrogens is 238 g/mol. The highest BCUT2D eigenvalue weighted by Gasteiger charge is 2.43. The Balaban J connectivity index is 2.20. The molecule has 2 aliphatic heterocycles. The summed E-state index contributed by atoms with van der Waals surface area (Å²) in [5.41, 5.74) is 0. The van der Waals surface area contributed by atoms with E-state index in [-0.39, 0.29) is 12.1 Å². The predicted octanol–water partition coefficient (Wildman–Crippen LogP) is 0.399. The van der Waals surface area contributed by atoms with Gasteiger partial charge in [0.15, 0.2) is 0 Å². The quantitative estimate of drug-likeness (QED) is 0.797. The molecule has 2 bridgehead atoms. The molecule has 1 N–H and O–H groups in total. The molecule has 0 aromatic carbocycles. The van der Waals surface area contributed by atoms with Gasteiger partial charge in [-0.05, 0) is 32.2 Å². The third-order valence-corrected chi connectivity index (χ3v) is 5.89. The van der Waals surface area contributed by atoms with E-state index in [1.807, 2.05) is 6.92 Å². The van der Waals surface area contributed by atoms with Gasteiger partial charge in [-0.15, -0.1) is 0 Å². The molecule has 0 aromatic rings. The first-order valence-corrected chi connectivity index (χ1v) is 7.92. The maximum atomic E-state index is 12.5. The third kappa shape index (κ3) is 2.50. The minimum absolute atomic E-state index is 0.159. The van der Waals surface area contributed by atoms with Gasteiger partial charge in [0.1, 0.15) is 0 Å². The van der Waals surface area contributed by atoms with Crippen molar-refractivity contribution in [3.63, 3.8) is 0 Å². The highest BCUT2D eigenvalue weighted by molar-refractivity contribution is 7.86. The van der Waals surface area contributed by atoms with Crippen LogP contribution in [0.1, 0.15) is 32.6 Å². The van der Waals surface area contributed by atoms with Crippen LogP contribution in [0.4, 0.5) is 0 Å². The van der Waals surface area contributed by atoms with E-state index in [0.717, 1.165) is 38.8 Å². The Labute approximate surface area is 104 Å². The Hall–Kier alpha value is -0.170. The van der Waals surface area contributed by atoms with E-state index in [1.165, 1.54) is 4.31 Å². The Morgan fingerprint density at radius 3 is 2.71 bits per heavy atom. The fraction of sp³-hybridized carbons (Fsp3) is 1.00.